The second-order valence-electron chi connectivity index (χ2n) is 4.49. The average molecular weight is 220 g/mol. The molecule has 1 aliphatic rings. The van der Waals surface area contributed by atoms with E-state index in [1.807, 2.05) is 6.07 Å². The Morgan fingerprint density at radius 3 is 3.00 bits per heavy atom. The van der Waals surface area contributed by atoms with E-state index in [1.165, 1.54) is 18.5 Å². The molecule has 1 fully saturated rings. The van der Waals surface area contributed by atoms with Crippen molar-refractivity contribution < 1.29 is 4.74 Å². The molecule has 88 valence electrons. The molecule has 2 N–H and O–H groups in total. The predicted octanol–water partition coefficient (Wildman–Crippen LogP) is 2.19. The monoisotopic (exact) mass is 220 g/mol. The Hall–Kier alpha value is -1.22. The minimum Gasteiger partial charge on any atom is -0.399 e. The van der Waals surface area contributed by atoms with Gasteiger partial charge in [0.05, 0.1) is 12.6 Å². The normalized spacial score (nSPS) is 20.4. The maximum absolute atomic E-state index is 5.84. The smallest absolute Gasteiger partial charge is 0.0666 e. The molecule has 0 radical (unpaired) electrons. The van der Waals surface area contributed by atoms with Crippen molar-refractivity contribution in [2.45, 2.75) is 25.8 Å². The van der Waals surface area contributed by atoms with Gasteiger partial charge in [-0.15, -0.1) is 0 Å². The standard InChI is InChI=1S/C13H20N2O/c1-10-8-11(5-6-13(10)14)15-7-3-4-12(15)9-16-2/h5-6,8,12H,3-4,7,9,14H2,1-2H3/t12-/m1/s1. The second-order valence-corrected chi connectivity index (χ2v) is 4.49. The van der Waals surface area contributed by atoms with Crippen LogP contribution in [0.5, 0.6) is 0 Å². The molecule has 1 aromatic carbocycles. The van der Waals surface area contributed by atoms with Crippen LogP contribution in [-0.2, 0) is 4.74 Å². The van der Waals surface area contributed by atoms with Crippen LogP contribution in [0.3, 0.4) is 0 Å². The molecule has 3 heteroatoms. The van der Waals surface area contributed by atoms with Crippen LogP contribution in [0, 0.1) is 6.92 Å². The highest BCUT2D eigenvalue weighted by Crippen LogP contribution is 2.28. The van der Waals surface area contributed by atoms with Crippen molar-refractivity contribution in [3.63, 3.8) is 0 Å². The summed E-state index contributed by atoms with van der Waals surface area (Å²) in [6.45, 7) is 3.99. The van der Waals surface area contributed by atoms with Gasteiger partial charge in [0.1, 0.15) is 0 Å². The average Bonchev–Trinajstić information content (AvgIpc) is 2.71. The van der Waals surface area contributed by atoms with E-state index in [0.29, 0.717) is 6.04 Å². The first-order valence-corrected chi connectivity index (χ1v) is 5.84. The molecule has 2 rings (SSSR count). The number of nitrogens with two attached hydrogens (primary N) is 1. The van der Waals surface area contributed by atoms with Gasteiger partial charge in [-0.3, -0.25) is 0 Å². The predicted molar refractivity (Wildman–Crippen MR) is 67.8 cm³/mol. The second kappa shape index (κ2) is 4.74. The van der Waals surface area contributed by atoms with Gasteiger partial charge in [0.2, 0.25) is 0 Å². The van der Waals surface area contributed by atoms with Gasteiger partial charge in [-0.05, 0) is 43.5 Å². The Balaban J connectivity index is 2.19. The van der Waals surface area contributed by atoms with E-state index in [1.54, 1.807) is 7.11 Å². The molecular weight excluding hydrogens is 200 g/mol. The van der Waals surface area contributed by atoms with E-state index in [9.17, 15) is 0 Å². The lowest BCUT2D eigenvalue weighted by atomic mass is 10.1. The van der Waals surface area contributed by atoms with Crippen LogP contribution in [0.25, 0.3) is 0 Å². The molecule has 0 spiro atoms. The van der Waals surface area contributed by atoms with Crippen molar-refractivity contribution in [3.05, 3.63) is 23.8 Å². The van der Waals surface area contributed by atoms with E-state index in [0.717, 1.165) is 24.4 Å². The van der Waals surface area contributed by atoms with Crippen molar-refractivity contribution in [2.75, 3.05) is 30.9 Å². The molecule has 1 aromatic rings. The van der Waals surface area contributed by atoms with Crippen molar-refractivity contribution >= 4 is 11.4 Å². The number of benzene rings is 1. The fourth-order valence-electron chi connectivity index (χ4n) is 2.38. The van der Waals surface area contributed by atoms with Gasteiger partial charge in [-0.2, -0.15) is 0 Å². The van der Waals surface area contributed by atoms with Crippen molar-refractivity contribution in [2.24, 2.45) is 0 Å². The van der Waals surface area contributed by atoms with E-state index >= 15 is 0 Å². The molecule has 1 saturated heterocycles. The molecule has 1 heterocycles. The molecular formula is C13H20N2O. The van der Waals surface area contributed by atoms with E-state index in [4.69, 9.17) is 10.5 Å². The van der Waals surface area contributed by atoms with Gasteiger partial charge in [-0.25, -0.2) is 0 Å². The molecule has 0 bridgehead atoms. The fourth-order valence-corrected chi connectivity index (χ4v) is 2.38. The number of ether oxygens (including phenoxy) is 1. The Kier molecular flexibility index (Phi) is 3.34. The highest BCUT2D eigenvalue weighted by atomic mass is 16.5. The highest BCUT2D eigenvalue weighted by Gasteiger charge is 2.24. The molecule has 1 atom stereocenters. The molecule has 0 unspecified atom stereocenters. The van der Waals surface area contributed by atoms with Gasteiger partial charge >= 0.3 is 0 Å². The van der Waals surface area contributed by atoms with Crippen LogP contribution in [0.4, 0.5) is 11.4 Å². The molecule has 3 nitrogen and oxygen atoms in total. The number of anilines is 2. The summed E-state index contributed by atoms with van der Waals surface area (Å²) in [6.07, 6.45) is 2.47. The number of rotatable bonds is 3. The maximum Gasteiger partial charge on any atom is 0.0666 e. The van der Waals surface area contributed by atoms with Gasteiger partial charge in [0, 0.05) is 25.0 Å². The third kappa shape index (κ3) is 2.14. The first-order valence-electron chi connectivity index (χ1n) is 5.84. The van der Waals surface area contributed by atoms with Gasteiger partial charge in [-0.1, -0.05) is 0 Å². The molecule has 16 heavy (non-hydrogen) atoms. The Morgan fingerprint density at radius 2 is 2.31 bits per heavy atom. The zero-order valence-electron chi connectivity index (χ0n) is 10.1. The van der Waals surface area contributed by atoms with E-state index < -0.39 is 0 Å². The Morgan fingerprint density at radius 1 is 1.50 bits per heavy atom. The topological polar surface area (TPSA) is 38.5 Å². The van der Waals surface area contributed by atoms with E-state index in [2.05, 4.69) is 24.0 Å². The van der Waals surface area contributed by atoms with Crippen LogP contribution in [0.2, 0.25) is 0 Å². The molecule has 0 aromatic heterocycles. The molecule has 1 aliphatic heterocycles. The first kappa shape index (κ1) is 11.3. The van der Waals surface area contributed by atoms with Gasteiger partial charge in [0.15, 0.2) is 0 Å². The Labute approximate surface area is 97.2 Å². The van der Waals surface area contributed by atoms with Gasteiger partial charge < -0.3 is 15.4 Å². The van der Waals surface area contributed by atoms with Crippen molar-refractivity contribution in [1.29, 1.82) is 0 Å². The third-order valence-corrected chi connectivity index (χ3v) is 3.32. The number of hydrogen-bond acceptors (Lipinski definition) is 3. The van der Waals surface area contributed by atoms with Crippen molar-refractivity contribution in [1.82, 2.24) is 0 Å². The lowest BCUT2D eigenvalue weighted by Gasteiger charge is -2.26. The summed E-state index contributed by atoms with van der Waals surface area (Å²) in [5.41, 5.74) is 9.13. The lowest BCUT2D eigenvalue weighted by molar-refractivity contribution is 0.181. The van der Waals surface area contributed by atoms with Gasteiger partial charge in [0.25, 0.3) is 0 Å². The number of methoxy groups -OCH3 is 1. The summed E-state index contributed by atoms with van der Waals surface area (Å²) in [6, 6.07) is 6.79. The number of hydrogen-bond donors (Lipinski definition) is 1. The summed E-state index contributed by atoms with van der Waals surface area (Å²) >= 11 is 0. The largest absolute Gasteiger partial charge is 0.399 e. The first-order chi connectivity index (χ1) is 7.72. The number of nitrogen functional groups attached to an aromatic ring is 1. The zero-order chi connectivity index (χ0) is 11.5. The summed E-state index contributed by atoms with van der Waals surface area (Å²) in [7, 11) is 1.77. The quantitative estimate of drug-likeness (QED) is 0.794. The molecule has 0 aliphatic carbocycles. The van der Waals surface area contributed by atoms with E-state index in [-0.39, 0.29) is 0 Å². The fraction of sp³-hybridized carbons (Fsp3) is 0.538. The summed E-state index contributed by atoms with van der Waals surface area (Å²) in [5.74, 6) is 0. The minimum absolute atomic E-state index is 0.521. The van der Waals surface area contributed by atoms with Crippen LogP contribution in [0.15, 0.2) is 18.2 Å². The van der Waals surface area contributed by atoms with Crippen LogP contribution in [0.1, 0.15) is 18.4 Å². The van der Waals surface area contributed by atoms with Crippen molar-refractivity contribution in [3.8, 4) is 0 Å². The highest BCUT2D eigenvalue weighted by molar-refractivity contribution is 5.58. The summed E-state index contributed by atoms with van der Waals surface area (Å²) < 4.78 is 5.27. The molecule has 0 saturated carbocycles. The SMILES string of the molecule is COC[C@H]1CCCN1c1ccc(N)c(C)c1. The number of nitrogens with zero attached hydrogens (tertiary/aromatic N) is 1. The third-order valence-electron chi connectivity index (χ3n) is 3.32. The minimum atomic E-state index is 0.521. The maximum atomic E-state index is 5.84. The summed E-state index contributed by atoms with van der Waals surface area (Å²) in [5, 5.41) is 0. The zero-order valence-corrected chi connectivity index (χ0v) is 10.1. The van der Waals surface area contributed by atoms with Crippen LogP contribution in [-0.4, -0.2) is 26.3 Å². The van der Waals surface area contributed by atoms with Crippen LogP contribution >= 0.6 is 0 Å². The molecule has 0 amide bonds. The Bertz CT molecular complexity index is 365. The van der Waals surface area contributed by atoms with Crippen LogP contribution < -0.4 is 10.6 Å². The number of aryl methyl sites for hydroxylation is 1. The lowest BCUT2D eigenvalue weighted by Crippen LogP contribution is -2.32. The summed E-state index contributed by atoms with van der Waals surface area (Å²) in [4.78, 5) is 2.43.